The Kier molecular flexibility index (Phi) is 5.71. The van der Waals surface area contributed by atoms with Gasteiger partial charge in [0.05, 0.1) is 6.42 Å². The van der Waals surface area contributed by atoms with Crippen molar-refractivity contribution in [3.63, 3.8) is 0 Å². The van der Waals surface area contributed by atoms with Gasteiger partial charge >= 0.3 is 0 Å². The fourth-order valence-electron chi connectivity index (χ4n) is 3.12. The van der Waals surface area contributed by atoms with E-state index in [1.807, 2.05) is 41.3 Å². The number of benzene rings is 2. The number of hydrogen-bond donors (Lipinski definition) is 1. The number of nitrogens with one attached hydrogen (secondary N) is 1. The van der Waals surface area contributed by atoms with Crippen LogP contribution in [0.4, 0.5) is 0 Å². The maximum absolute atomic E-state index is 12.5. The second-order valence-electron chi connectivity index (χ2n) is 6.73. The third kappa shape index (κ3) is 4.83. The van der Waals surface area contributed by atoms with Crippen LogP contribution in [0.5, 0.6) is 5.75 Å². The first kappa shape index (κ1) is 17.5. The van der Waals surface area contributed by atoms with Gasteiger partial charge in [-0.2, -0.15) is 0 Å². The highest BCUT2D eigenvalue weighted by Gasteiger charge is 2.20. The molecule has 25 heavy (non-hydrogen) atoms. The van der Waals surface area contributed by atoms with Gasteiger partial charge in [-0.25, -0.2) is 0 Å². The van der Waals surface area contributed by atoms with Gasteiger partial charge in [0.2, 0.25) is 5.91 Å². The Bertz CT molecular complexity index is 729. The van der Waals surface area contributed by atoms with Gasteiger partial charge in [0, 0.05) is 25.7 Å². The molecule has 1 heterocycles. The number of aryl methyl sites for hydroxylation is 1. The lowest BCUT2D eigenvalue weighted by Gasteiger charge is -2.32. The van der Waals surface area contributed by atoms with E-state index in [1.165, 1.54) is 11.1 Å². The Balaban J connectivity index is 1.59. The molecule has 2 aromatic rings. The van der Waals surface area contributed by atoms with Crippen molar-refractivity contribution in [3.8, 4) is 5.75 Å². The molecule has 1 unspecified atom stereocenters. The average Bonchev–Trinajstić information content (AvgIpc) is 2.61. The van der Waals surface area contributed by atoms with Gasteiger partial charge in [-0.05, 0) is 42.7 Å². The minimum Gasteiger partial charge on any atom is -0.489 e. The van der Waals surface area contributed by atoms with Gasteiger partial charge in [-0.3, -0.25) is 4.79 Å². The van der Waals surface area contributed by atoms with Gasteiger partial charge in [-0.15, -0.1) is 0 Å². The monoisotopic (exact) mass is 338 g/mol. The van der Waals surface area contributed by atoms with Crippen LogP contribution in [0.15, 0.2) is 48.5 Å². The molecular formula is C21H26N2O2. The molecule has 1 amide bonds. The highest BCUT2D eigenvalue weighted by molar-refractivity contribution is 5.79. The first-order chi connectivity index (χ1) is 12.1. The van der Waals surface area contributed by atoms with Gasteiger partial charge in [0.1, 0.15) is 12.4 Å². The third-order valence-corrected chi connectivity index (χ3v) is 4.63. The third-order valence-electron chi connectivity index (χ3n) is 4.63. The van der Waals surface area contributed by atoms with Gasteiger partial charge in [0.25, 0.3) is 0 Å². The maximum Gasteiger partial charge on any atom is 0.227 e. The first-order valence-electron chi connectivity index (χ1n) is 8.89. The SMILES string of the molecule is Cc1ccccc1COc1cccc(CC(=O)N2CCNC(C)C2)c1. The number of piperazine rings is 1. The molecule has 132 valence electrons. The minimum absolute atomic E-state index is 0.185. The molecule has 1 aliphatic rings. The van der Waals surface area contributed by atoms with Crippen molar-refractivity contribution in [2.45, 2.75) is 32.9 Å². The van der Waals surface area contributed by atoms with Crippen molar-refractivity contribution in [1.29, 1.82) is 0 Å². The van der Waals surface area contributed by atoms with E-state index < -0.39 is 0 Å². The smallest absolute Gasteiger partial charge is 0.227 e. The fraction of sp³-hybridized carbons (Fsp3) is 0.381. The van der Waals surface area contributed by atoms with E-state index in [-0.39, 0.29) is 5.91 Å². The molecule has 1 saturated heterocycles. The number of rotatable bonds is 5. The second-order valence-corrected chi connectivity index (χ2v) is 6.73. The summed E-state index contributed by atoms with van der Waals surface area (Å²) in [5.41, 5.74) is 3.40. The molecule has 0 bridgehead atoms. The van der Waals surface area contributed by atoms with E-state index in [1.54, 1.807) is 0 Å². The summed E-state index contributed by atoms with van der Waals surface area (Å²) in [6.45, 7) is 7.17. The molecule has 1 N–H and O–H groups in total. The lowest BCUT2D eigenvalue weighted by atomic mass is 10.1. The van der Waals surface area contributed by atoms with Crippen LogP contribution in [-0.4, -0.2) is 36.5 Å². The predicted octanol–water partition coefficient (Wildman–Crippen LogP) is 2.94. The number of ether oxygens (including phenoxy) is 1. The van der Waals surface area contributed by atoms with Crippen LogP contribution in [0, 0.1) is 6.92 Å². The highest BCUT2D eigenvalue weighted by Crippen LogP contribution is 2.17. The zero-order valence-corrected chi connectivity index (χ0v) is 15.0. The molecule has 1 atom stereocenters. The average molecular weight is 338 g/mol. The summed E-state index contributed by atoms with van der Waals surface area (Å²) < 4.78 is 5.92. The first-order valence-corrected chi connectivity index (χ1v) is 8.89. The summed E-state index contributed by atoms with van der Waals surface area (Å²) >= 11 is 0. The standard InChI is InChI=1S/C21H26N2O2/c1-16-6-3-4-8-19(16)15-25-20-9-5-7-18(12-20)13-21(24)23-11-10-22-17(2)14-23/h3-9,12,17,22H,10-11,13-15H2,1-2H3. The number of carbonyl (C=O) groups is 1. The molecule has 0 aromatic heterocycles. The maximum atomic E-state index is 12.5. The molecule has 0 spiro atoms. The number of hydrogen-bond acceptors (Lipinski definition) is 3. The second kappa shape index (κ2) is 8.17. The quantitative estimate of drug-likeness (QED) is 0.911. The molecule has 4 nitrogen and oxygen atoms in total. The van der Waals surface area contributed by atoms with Crippen LogP contribution in [0.1, 0.15) is 23.6 Å². The van der Waals surface area contributed by atoms with E-state index in [9.17, 15) is 4.79 Å². The Labute approximate surface area is 149 Å². The topological polar surface area (TPSA) is 41.6 Å². The molecule has 0 aliphatic carbocycles. The van der Waals surface area contributed by atoms with Crippen molar-refractivity contribution in [2.75, 3.05) is 19.6 Å². The normalized spacial score (nSPS) is 17.4. The van der Waals surface area contributed by atoms with Crippen LogP contribution in [-0.2, 0) is 17.8 Å². The number of nitrogens with zero attached hydrogens (tertiary/aromatic N) is 1. The van der Waals surface area contributed by atoms with Crippen molar-refractivity contribution < 1.29 is 9.53 Å². The Morgan fingerprint density at radius 1 is 1.24 bits per heavy atom. The minimum atomic E-state index is 0.185. The molecule has 3 rings (SSSR count). The van der Waals surface area contributed by atoms with Crippen molar-refractivity contribution in [3.05, 3.63) is 65.2 Å². The lowest BCUT2D eigenvalue weighted by molar-refractivity contribution is -0.131. The largest absolute Gasteiger partial charge is 0.489 e. The van der Waals surface area contributed by atoms with Crippen molar-refractivity contribution in [1.82, 2.24) is 10.2 Å². The predicted molar refractivity (Wildman–Crippen MR) is 99.7 cm³/mol. The van der Waals surface area contributed by atoms with Crippen LogP contribution in [0.2, 0.25) is 0 Å². The Morgan fingerprint density at radius 2 is 2.08 bits per heavy atom. The summed E-state index contributed by atoms with van der Waals surface area (Å²) in [7, 11) is 0. The van der Waals surface area contributed by atoms with Crippen LogP contribution in [0.3, 0.4) is 0 Å². The summed E-state index contributed by atoms with van der Waals surface area (Å²) in [6, 6.07) is 16.4. The van der Waals surface area contributed by atoms with E-state index in [4.69, 9.17) is 4.74 Å². The van der Waals surface area contributed by atoms with E-state index in [0.29, 0.717) is 19.1 Å². The molecule has 0 radical (unpaired) electrons. The Hall–Kier alpha value is -2.33. The molecule has 2 aromatic carbocycles. The summed E-state index contributed by atoms with van der Waals surface area (Å²) in [5.74, 6) is 0.992. The number of carbonyl (C=O) groups excluding carboxylic acids is 1. The van der Waals surface area contributed by atoms with Gasteiger partial charge in [0.15, 0.2) is 0 Å². The van der Waals surface area contributed by atoms with Crippen LogP contribution >= 0.6 is 0 Å². The lowest BCUT2D eigenvalue weighted by Crippen LogP contribution is -2.51. The zero-order chi connectivity index (χ0) is 17.6. The molecule has 1 aliphatic heterocycles. The van der Waals surface area contributed by atoms with Gasteiger partial charge in [-0.1, -0.05) is 36.4 Å². The molecule has 1 fully saturated rings. The summed E-state index contributed by atoms with van der Waals surface area (Å²) in [4.78, 5) is 14.5. The molecular weight excluding hydrogens is 312 g/mol. The highest BCUT2D eigenvalue weighted by atomic mass is 16.5. The van der Waals surface area contributed by atoms with Crippen LogP contribution in [0.25, 0.3) is 0 Å². The summed E-state index contributed by atoms with van der Waals surface area (Å²) in [6.07, 6.45) is 0.425. The Morgan fingerprint density at radius 3 is 2.88 bits per heavy atom. The van der Waals surface area contributed by atoms with Crippen molar-refractivity contribution >= 4 is 5.91 Å². The van der Waals surface area contributed by atoms with E-state index in [0.717, 1.165) is 30.9 Å². The number of amides is 1. The zero-order valence-electron chi connectivity index (χ0n) is 15.0. The fourth-order valence-corrected chi connectivity index (χ4v) is 3.12. The summed E-state index contributed by atoms with van der Waals surface area (Å²) in [5, 5.41) is 3.36. The van der Waals surface area contributed by atoms with E-state index >= 15 is 0 Å². The van der Waals surface area contributed by atoms with Gasteiger partial charge < -0.3 is 15.0 Å². The van der Waals surface area contributed by atoms with E-state index in [2.05, 4.69) is 31.3 Å². The van der Waals surface area contributed by atoms with Crippen molar-refractivity contribution in [2.24, 2.45) is 0 Å². The van der Waals surface area contributed by atoms with Crippen LogP contribution < -0.4 is 10.1 Å². The molecule has 0 saturated carbocycles. The molecule has 4 heteroatoms.